The number of carbonyl (C=O) groups excluding carboxylic acids is 1. The Kier molecular flexibility index (Phi) is 8.62. The number of rotatable bonds is 9. The SMILES string of the molecule is C=COCCCNC(=O)C(CN)CC(C)C. The van der Waals surface area contributed by atoms with Crippen LogP contribution < -0.4 is 11.1 Å². The third kappa shape index (κ3) is 7.29. The van der Waals surface area contributed by atoms with Crippen LogP contribution in [0.4, 0.5) is 0 Å². The lowest BCUT2D eigenvalue weighted by Gasteiger charge is -2.16. The average Bonchev–Trinajstić information content (AvgIpc) is 2.25. The van der Waals surface area contributed by atoms with Crippen LogP contribution in [0.5, 0.6) is 0 Å². The van der Waals surface area contributed by atoms with Crippen molar-refractivity contribution in [1.29, 1.82) is 0 Å². The first-order valence-corrected chi connectivity index (χ1v) is 5.82. The molecule has 4 heteroatoms. The molecule has 94 valence electrons. The summed E-state index contributed by atoms with van der Waals surface area (Å²) in [7, 11) is 0. The van der Waals surface area contributed by atoms with E-state index in [1.165, 1.54) is 6.26 Å². The molecule has 1 unspecified atom stereocenters. The maximum atomic E-state index is 11.7. The highest BCUT2D eigenvalue weighted by Crippen LogP contribution is 2.10. The molecule has 4 nitrogen and oxygen atoms in total. The highest BCUT2D eigenvalue weighted by molar-refractivity contribution is 5.78. The van der Waals surface area contributed by atoms with Crippen molar-refractivity contribution < 1.29 is 9.53 Å². The van der Waals surface area contributed by atoms with Crippen LogP contribution in [0.15, 0.2) is 12.8 Å². The standard InChI is InChI=1S/C12H24N2O2/c1-4-16-7-5-6-14-12(15)11(9-13)8-10(2)3/h4,10-11H,1,5-9,13H2,2-3H3,(H,14,15). The second-order valence-corrected chi connectivity index (χ2v) is 4.24. The van der Waals surface area contributed by atoms with Crippen LogP contribution in [0.3, 0.4) is 0 Å². The van der Waals surface area contributed by atoms with Crippen molar-refractivity contribution in [1.82, 2.24) is 5.32 Å². The molecule has 16 heavy (non-hydrogen) atoms. The van der Waals surface area contributed by atoms with Crippen molar-refractivity contribution in [3.63, 3.8) is 0 Å². The zero-order valence-electron chi connectivity index (χ0n) is 10.4. The Morgan fingerprint density at radius 2 is 2.25 bits per heavy atom. The minimum absolute atomic E-state index is 0.0507. The Morgan fingerprint density at radius 1 is 1.56 bits per heavy atom. The minimum atomic E-state index is -0.0691. The third-order valence-electron chi connectivity index (χ3n) is 2.27. The maximum Gasteiger partial charge on any atom is 0.224 e. The molecular weight excluding hydrogens is 204 g/mol. The van der Waals surface area contributed by atoms with E-state index in [4.69, 9.17) is 10.5 Å². The molecule has 0 bridgehead atoms. The fourth-order valence-electron chi connectivity index (χ4n) is 1.47. The van der Waals surface area contributed by atoms with Gasteiger partial charge in [-0.05, 0) is 18.8 Å². The zero-order valence-corrected chi connectivity index (χ0v) is 10.4. The van der Waals surface area contributed by atoms with Gasteiger partial charge in [0, 0.05) is 13.1 Å². The second-order valence-electron chi connectivity index (χ2n) is 4.24. The highest BCUT2D eigenvalue weighted by atomic mass is 16.5. The predicted octanol–water partition coefficient (Wildman–Crippen LogP) is 1.27. The monoisotopic (exact) mass is 228 g/mol. The summed E-state index contributed by atoms with van der Waals surface area (Å²) < 4.78 is 4.95. The molecule has 1 atom stereocenters. The van der Waals surface area contributed by atoms with Gasteiger partial charge >= 0.3 is 0 Å². The lowest BCUT2D eigenvalue weighted by atomic mass is 9.96. The molecule has 0 aromatic heterocycles. The average molecular weight is 228 g/mol. The first-order chi connectivity index (χ1) is 7.61. The van der Waals surface area contributed by atoms with Crippen LogP contribution in [0, 0.1) is 11.8 Å². The van der Waals surface area contributed by atoms with Crippen molar-refractivity contribution in [2.75, 3.05) is 19.7 Å². The summed E-state index contributed by atoms with van der Waals surface area (Å²) in [4.78, 5) is 11.7. The molecule has 3 N–H and O–H groups in total. The van der Waals surface area contributed by atoms with Gasteiger partial charge in [0.05, 0.1) is 18.8 Å². The molecule has 0 aliphatic heterocycles. The lowest BCUT2D eigenvalue weighted by molar-refractivity contribution is -0.125. The molecule has 0 fully saturated rings. The summed E-state index contributed by atoms with van der Waals surface area (Å²) >= 11 is 0. The number of carbonyl (C=O) groups is 1. The summed E-state index contributed by atoms with van der Waals surface area (Å²) in [6.45, 7) is 9.24. The van der Waals surface area contributed by atoms with Crippen molar-refractivity contribution in [2.45, 2.75) is 26.7 Å². The van der Waals surface area contributed by atoms with Crippen molar-refractivity contribution >= 4 is 5.91 Å². The molecule has 0 spiro atoms. The van der Waals surface area contributed by atoms with E-state index in [2.05, 4.69) is 25.7 Å². The Labute approximate surface area is 98.2 Å². The molecule has 0 aromatic carbocycles. The molecule has 0 heterocycles. The van der Waals surface area contributed by atoms with Crippen molar-refractivity contribution in [3.05, 3.63) is 12.8 Å². The second kappa shape index (κ2) is 9.21. The minimum Gasteiger partial charge on any atom is -0.502 e. The van der Waals surface area contributed by atoms with Crippen LogP contribution in [0.1, 0.15) is 26.7 Å². The molecule has 1 amide bonds. The van der Waals surface area contributed by atoms with E-state index in [0.29, 0.717) is 25.6 Å². The third-order valence-corrected chi connectivity index (χ3v) is 2.27. The van der Waals surface area contributed by atoms with E-state index < -0.39 is 0 Å². The van der Waals surface area contributed by atoms with E-state index in [9.17, 15) is 4.79 Å². The molecule has 0 radical (unpaired) electrons. The Morgan fingerprint density at radius 3 is 2.75 bits per heavy atom. The normalized spacial score (nSPS) is 12.2. The molecular formula is C12H24N2O2. The van der Waals surface area contributed by atoms with E-state index in [0.717, 1.165) is 12.8 Å². The van der Waals surface area contributed by atoms with E-state index in [-0.39, 0.29) is 11.8 Å². The molecule has 0 saturated heterocycles. The zero-order chi connectivity index (χ0) is 12.4. The maximum absolute atomic E-state index is 11.7. The predicted molar refractivity (Wildman–Crippen MR) is 65.8 cm³/mol. The van der Waals surface area contributed by atoms with Gasteiger partial charge in [0.25, 0.3) is 0 Å². The van der Waals surface area contributed by atoms with Crippen LogP contribution in [-0.2, 0) is 9.53 Å². The molecule has 0 rings (SSSR count). The van der Waals surface area contributed by atoms with Gasteiger partial charge in [0.2, 0.25) is 5.91 Å². The van der Waals surface area contributed by atoms with Gasteiger partial charge in [-0.1, -0.05) is 20.4 Å². The molecule has 0 saturated carbocycles. The summed E-state index contributed by atoms with van der Waals surface area (Å²) in [5.74, 6) is 0.471. The van der Waals surface area contributed by atoms with Gasteiger partial charge in [0.1, 0.15) is 0 Å². The van der Waals surface area contributed by atoms with Gasteiger partial charge in [0.15, 0.2) is 0 Å². The topological polar surface area (TPSA) is 64.3 Å². The fraction of sp³-hybridized carbons (Fsp3) is 0.750. The van der Waals surface area contributed by atoms with Gasteiger partial charge in [-0.2, -0.15) is 0 Å². The Hall–Kier alpha value is -1.03. The number of nitrogens with two attached hydrogens (primary N) is 1. The number of ether oxygens (including phenoxy) is 1. The van der Waals surface area contributed by atoms with Crippen molar-refractivity contribution in [2.24, 2.45) is 17.6 Å². The summed E-state index contributed by atoms with van der Waals surface area (Å²) in [5, 5.41) is 2.86. The number of amides is 1. The summed E-state index contributed by atoms with van der Waals surface area (Å²) in [5.41, 5.74) is 5.58. The smallest absolute Gasteiger partial charge is 0.224 e. The van der Waals surface area contributed by atoms with E-state index in [1.54, 1.807) is 0 Å². The number of hydrogen-bond donors (Lipinski definition) is 2. The van der Waals surface area contributed by atoms with E-state index in [1.807, 2.05) is 0 Å². The van der Waals surface area contributed by atoms with Crippen LogP contribution in [0.25, 0.3) is 0 Å². The number of nitrogens with one attached hydrogen (secondary N) is 1. The fourth-order valence-corrected chi connectivity index (χ4v) is 1.47. The molecule has 0 aliphatic carbocycles. The number of hydrogen-bond acceptors (Lipinski definition) is 3. The van der Waals surface area contributed by atoms with Crippen LogP contribution in [-0.4, -0.2) is 25.6 Å². The first-order valence-electron chi connectivity index (χ1n) is 5.82. The quantitative estimate of drug-likeness (QED) is 0.461. The van der Waals surface area contributed by atoms with Crippen LogP contribution >= 0.6 is 0 Å². The van der Waals surface area contributed by atoms with Crippen LogP contribution in [0.2, 0.25) is 0 Å². The van der Waals surface area contributed by atoms with Gasteiger partial charge in [-0.25, -0.2) is 0 Å². The summed E-state index contributed by atoms with van der Waals surface area (Å²) in [6, 6.07) is 0. The molecule has 0 aliphatic rings. The Balaban J connectivity index is 3.71. The molecule has 0 aromatic rings. The first kappa shape index (κ1) is 15.0. The summed E-state index contributed by atoms with van der Waals surface area (Å²) in [6.07, 6.45) is 3.03. The lowest BCUT2D eigenvalue weighted by Crippen LogP contribution is -2.36. The van der Waals surface area contributed by atoms with Gasteiger partial charge in [-0.15, -0.1) is 0 Å². The largest absolute Gasteiger partial charge is 0.502 e. The van der Waals surface area contributed by atoms with Gasteiger partial charge < -0.3 is 15.8 Å². The Bertz CT molecular complexity index is 205. The van der Waals surface area contributed by atoms with Gasteiger partial charge in [-0.3, -0.25) is 4.79 Å². The highest BCUT2D eigenvalue weighted by Gasteiger charge is 2.17. The van der Waals surface area contributed by atoms with E-state index >= 15 is 0 Å². The van der Waals surface area contributed by atoms with Crippen molar-refractivity contribution in [3.8, 4) is 0 Å².